The second kappa shape index (κ2) is 4.73. The molecule has 1 heterocycles. The van der Waals surface area contributed by atoms with E-state index < -0.39 is 5.97 Å². The van der Waals surface area contributed by atoms with E-state index in [2.05, 4.69) is 11.8 Å². The van der Waals surface area contributed by atoms with Crippen molar-refractivity contribution in [3.63, 3.8) is 0 Å². The van der Waals surface area contributed by atoms with Crippen LogP contribution in [0.3, 0.4) is 0 Å². The number of carboxylic acid groups (broad SMARTS) is 1. The number of carbonyl (C=O) groups is 1. The number of hydrogen-bond donors (Lipinski definition) is 2. The van der Waals surface area contributed by atoms with Crippen molar-refractivity contribution >= 4 is 12.0 Å². The SMILES string of the molecule is NCC#Cc1ccc2c(c1)C=C(C(=O)O)CO2. The predicted octanol–water partition coefficient (Wildman–Crippen LogP) is 0.857. The van der Waals surface area contributed by atoms with Crippen molar-refractivity contribution in [1.29, 1.82) is 0 Å². The molecule has 0 amide bonds. The Kier molecular flexibility index (Phi) is 3.12. The molecule has 0 saturated heterocycles. The van der Waals surface area contributed by atoms with Crippen LogP contribution < -0.4 is 10.5 Å². The van der Waals surface area contributed by atoms with Crippen LogP contribution in [0, 0.1) is 11.8 Å². The molecule has 4 heteroatoms. The number of fused-ring (bicyclic) bond motifs is 1. The first kappa shape index (κ1) is 11.2. The van der Waals surface area contributed by atoms with Crippen molar-refractivity contribution in [1.82, 2.24) is 0 Å². The number of ether oxygens (including phenoxy) is 1. The van der Waals surface area contributed by atoms with Crippen LogP contribution in [0.15, 0.2) is 23.8 Å². The van der Waals surface area contributed by atoms with Gasteiger partial charge in [-0.1, -0.05) is 11.8 Å². The second-order valence-electron chi connectivity index (χ2n) is 3.52. The number of benzene rings is 1. The molecule has 4 nitrogen and oxygen atoms in total. The Morgan fingerprint density at radius 3 is 3.06 bits per heavy atom. The van der Waals surface area contributed by atoms with Crippen LogP contribution in [0.25, 0.3) is 6.08 Å². The monoisotopic (exact) mass is 229 g/mol. The lowest BCUT2D eigenvalue weighted by Crippen LogP contribution is -2.14. The third-order valence-electron chi connectivity index (χ3n) is 2.33. The summed E-state index contributed by atoms with van der Waals surface area (Å²) in [5.41, 5.74) is 7.05. The highest BCUT2D eigenvalue weighted by atomic mass is 16.5. The van der Waals surface area contributed by atoms with Gasteiger partial charge in [-0.15, -0.1) is 0 Å². The van der Waals surface area contributed by atoms with E-state index >= 15 is 0 Å². The van der Waals surface area contributed by atoms with Gasteiger partial charge in [0.1, 0.15) is 12.4 Å². The van der Waals surface area contributed by atoms with Crippen molar-refractivity contribution in [3.8, 4) is 17.6 Å². The van der Waals surface area contributed by atoms with Gasteiger partial charge in [0.15, 0.2) is 0 Å². The van der Waals surface area contributed by atoms with Crippen molar-refractivity contribution in [2.45, 2.75) is 0 Å². The Labute approximate surface area is 98.7 Å². The fourth-order valence-corrected chi connectivity index (χ4v) is 1.53. The minimum absolute atomic E-state index is 0.0934. The number of aliphatic carboxylic acids is 1. The second-order valence-corrected chi connectivity index (χ2v) is 3.52. The fourth-order valence-electron chi connectivity index (χ4n) is 1.53. The van der Waals surface area contributed by atoms with Gasteiger partial charge in [-0.2, -0.15) is 0 Å². The lowest BCUT2D eigenvalue weighted by atomic mass is 10.0. The summed E-state index contributed by atoms with van der Waals surface area (Å²) in [7, 11) is 0. The molecule has 0 atom stereocenters. The molecule has 0 aliphatic carbocycles. The van der Waals surface area contributed by atoms with Crippen LogP contribution in [0.1, 0.15) is 11.1 Å². The van der Waals surface area contributed by atoms with E-state index in [1.165, 1.54) is 0 Å². The molecule has 0 radical (unpaired) electrons. The Morgan fingerprint density at radius 2 is 2.35 bits per heavy atom. The van der Waals surface area contributed by atoms with Gasteiger partial charge in [0, 0.05) is 11.1 Å². The average Bonchev–Trinajstić information content (AvgIpc) is 2.35. The highest BCUT2D eigenvalue weighted by molar-refractivity contribution is 5.93. The number of hydrogen-bond acceptors (Lipinski definition) is 3. The quantitative estimate of drug-likeness (QED) is 0.700. The van der Waals surface area contributed by atoms with E-state index in [0.29, 0.717) is 12.3 Å². The molecule has 0 aromatic heterocycles. The van der Waals surface area contributed by atoms with Gasteiger partial charge in [-0.3, -0.25) is 0 Å². The van der Waals surface area contributed by atoms with E-state index in [9.17, 15) is 4.79 Å². The third kappa shape index (κ3) is 2.47. The van der Waals surface area contributed by atoms with Gasteiger partial charge in [0.05, 0.1) is 12.1 Å². The molecular weight excluding hydrogens is 218 g/mol. The van der Waals surface area contributed by atoms with E-state index in [-0.39, 0.29) is 12.2 Å². The van der Waals surface area contributed by atoms with Crippen LogP contribution in [-0.4, -0.2) is 24.2 Å². The van der Waals surface area contributed by atoms with E-state index in [0.717, 1.165) is 11.1 Å². The smallest absolute Gasteiger partial charge is 0.335 e. The van der Waals surface area contributed by atoms with Crippen LogP contribution in [0.5, 0.6) is 5.75 Å². The summed E-state index contributed by atoms with van der Waals surface area (Å²) in [4.78, 5) is 10.8. The largest absolute Gasteiger partial charge is 0.488 e. The molecule has 1 aliphatic rings. The average molecular weight is 229 g/mol. The maximum absolute atomic E-state index is 10.8. The maximum atomic E-state index is 10.8. The van der Waals surface area contributed by atoms with Crippen LogP contribution in [-0.2, 0) is 4.79 Å². The highest BCUT2D eigenvalue weighted by Gasteiger charge is 2.16. The molecule has 0 fully saturated rings. The molecule has 3 N–H and O–H groups in total. The van der Waals surface area contributed by atoms with Crippen molar-refractivity contribution in [2.75, 3.05) is 13.2 Å². The van der Waals surface area contributed by atoms with Gasteiger partial charge in [0.25, 0.3) is 0 Å². The molecular formula is C13H11NO3. The summed E-state index contributed by atoms with van der Waals surface area (Å²) in [5, 5.41) is 8.88. The summed E-state index contributed by atoms with van der Waals surface area (Å²) < 4.78 is 5.33. The van der Waals surface area contributed by atoms with Gasteiger partial charge >= 0.3 is 5.97 Å². The topological polar surface area (TPSA) is 72.6 Å². The van der Waals surface area contributed by atoms with Gasteiger partial charge < -0.3 is 15.6 Å². The van der Waals surface area contributed by atoms with Crippen molar-refractivity contribution in [3.05, 3.63) is 34.9 Å². The Morgan fingerprint density at radius 1 is 1.53 bits per heavy atom. The fraction of sp³-hybridized carbons (Fsp3) is 0.154. The number of nitrogens with two attached hydrogens (primary N) is 1. The third-order valence-corrected chi connectivity index (χ3v) is 2.33. The number of rotatable bonds is 1. The predicted molar refractivity (Wildman–Crippen MR) is 63.5 cm³/mol. The lowest BCUT2D eigenvalue weighted by molar-refractivity contribution is -0.132. The van der Waals surface area contributed by atoms with E-state index in [1.54, 1.807) is 18.2 Å². The van der Waals surface area contributed by atoms with Gasteiger partial charge in [0.2, 0.25) is 0 Å². The molecule has 17 heavy (non-hydrogen) atoms. The summed E-state index contributed by atoms with van der Waals surface area (Å²) in [6.45, 7) is 0.389. The normalized spacial score (nSPS) is 12.6. The van der Waals surface area contributed by atoms with Gasteiger partial charge in [-0.05, 0) is 24.3 Å². The standard InChI is InChI=1S/C13H11NO3/c14-5-1-2-9-3-4-12-10(6-9)7-11(8-17-12)13(15)16/h3-4,6-7H,5,8,14H2,(H,15,16). The minimum Gasteiger partial charge on any atom is -0.488 e. The maximum Gasteiger partial charge on any atom is 0.335 e. The molecule has 0 unspecified atom stereocenters. The molecule has 1 aromatic carbocycles. The summed E-state index contributed by atoms with van der Waals surface area (Å²) >= 11 is 0. The van der Waals surface area contributed by atoms with Gasteiger partial charge in [-0.25, -0.2) is 4.79 Å². The molecule has 0 bridgehead atoms. The Balaban J connectivity index is 2.39. The molecule has 1 aromatic rings. The minimum atomic E-state index is -0.964. The summed E-state index contributed by atoms with van der Waals surface area (Å²) in [6, 6.07) is 5.40. The summed E-state index contributed by atoms with van der Waals surface area (Å²) in [6.07, 6.45) is 1.61. The Hall–Kier alpha value is -2.25. The van der Waals surface area contributed by atoms with E-state index in [4.69, 9.17) is 15.6 Å². The molecule has 86 valence electrons. The zero-order valence-corrected chi connectivity index (χ0v) is 9.06. The van der Waals surface area contributed by atoms with E-state index in [1.807, 2.05) is 6.07 Å². The zero-order valence-electron chi connectivity index (χ0n) is 9.06. The molecule has 1 aliphatic heterocycles. The lowest BCUT2D eigenvalue weighted by Gasteiger charge is -2.15. The number of carboxylic acids is 1. The van der Waals surface area contributed by atoms with Crippen LogP contribution >= 0.6 is 0 Å². The molecule has 0 saturated carbocycles. The Bertz CT molecular complexity index is 550. The highest BCUT2D eigenvalue weighted by Crippen LogP contribution is 2.27. The van der Waals surface area contributed by atoms with Crippen LogP contribution in [0.4, 0.5) is 0 Å². The molecule has 0 spiro atoms. The summed E-state index contributed by atoms with van der Waals surface area (Å²) in [5.74, 6) is 5.35. The first-order valence-electron chi connectivity index (χ1n) is 5.10. The first-order chi connectivity index (χ1) is 8.20. The van der Waals surface area contributed by atoms with Crippen molar-refractivity contribution < 1.29 is 14.6 Å². The first-order valence-corrected chi connectivity index (χ1v) is 5.10. The molecule has 2 rings (SSSR count). The van der Waals surface area contributed by atoms with Crippen molar-refractivity contribution in [2.24, 2.45) is 5.73 Å². The van der Waals surface area contributed by atoms with Crippen LogP contribution in [0.2, 0.25) is 0 Å². The zero-order chi connectivity index (χ0) is 12.3.